The van der Waals surface area contributed by atoms with Gasteiger partial charge >= 0.3 is 7.82 Å². The second-order valence-electron chi connectivity index (χ2n) is 12.9. The number of phosphoric acid groups is 1. The summed E-state index contributed by atoms with van der Waals surface area (Å²) >= 11 is 0. The highest BCUT2D eigenvalue weighted by Gasteiger charge is 2.51. The average molecular weight is 710 g/mol. The van der Waals surface area contributed by atoms with E-state index in [1.54, 1.807) is 6.08 Å². The van der Waals surface area contributed by atoms with Crippen molar-refractivity contribution in [2.24, 2.45) is 0 Å². The van der Waals surface area contributed by atoms with Crippen LogP contribution in [0.2, 0.25) is 0 Å². The molecule has 0 aromatic carbocycles. The number of phosphoric ester groups is 1. The molecule has 13 nitrogen and oxygen atoms in total. The molecule has 1 amide bonds. The lowest BCUT2D eigenvalue weighted by Crippen LogP contribution is -2.64. The summed E-state index contributed by atoms with van der Waals surface area (Å²) in [6.07, 6.45) is 9.13. The van der Waals surface area contributed by atoms with Gasteiger partial charge in [-0.1, -0.05) is 95.9 Å². The molecule has 0 heterocycles. The molecule has 0 aromatic rings. The van der Waals surface area contributed by atoms with E-state index < -0.39 is 75.2 Å². The Balaban J connectivity index is 2.69. The van der Waals surface area contributed by atoms with Crippen molar-refractivity contribution in [3.05, 3.63) is 24.3 Å². The molecule has 48 heavy (non-hydrogen) atoms. The fourth-order valence-electron chi connectivity index (χ4n) is 5.47. The number of unbranched alkanes of at least 4 members (excludes halogenated alkanes) is 12. The molecule has 8 unspecified atom stereocenters. The molecule has 0 saturated heterocycles. The summed E-state index contributed by atoms with van der Waals surface area (Å²) in [6.45, 7) is 3.58. The van der Waals surface area contributed by atoms with Crippen LogP contribution >= 0.6 is 7.82 Å². The zero-order valence-electron chi connectivity index (χ0n) is 28.9. The van der Waals surface area contributed by atoms with Gasteiger partial charge in [0.1, 0.15) is 36.6 Å². The molecule has 0 radical (unpaired) electrons. The molecule has 0 aliphatic heterocycles. The van der Waals surface area contributed by atoms with E-state index in [9.17, 15) is 50.0 Å². The SMILES string of the molecule is CCCCCCC/C=C/C(O)C(COP(=O)(O)OC1C(O)C(O)C(O)C(O)C1O)NC(=O)CC(O)CCC/C=C\CCCCCCCC. The smallest absolute Gasteiger partial charge is 0.393 e. The summed E-state index contributed by atoms with van der Waals surface area (Å²) in [5.74, 6) is -0.617. The van der Waals surface area contributed by atoms with Crippen molar-refractivity contribution in [1.82, 2.24) is 5.32 Å². The third kappa shape index (κ3) is 18.7. The first-order valence-corrected chi connectivity index (χ1v) is 19.4. The van der Waals surface area contributed by atoms with Crippen LogP contribution in [0.3, 0.4) is 0 Å². The van der Waals surface area contributed by atoms with E-state index in [-0.39, 0.29) is 6.42 Å². The lowest BCUT2D eigenvalue weighted by molar-refractivity contribution is -0.220. The van der Waals surface area contributed by atoms with Crippen molar-refractivity contribution < 1.29 is 59.0 Å². The van der Waals surface area contributed by atoms with Gasteiger partial charge in [0.25, 0.3) is 0 Å². The maximum absolute atomic E-state index is 12.8. The Morgan fingerprint density at radius 1 is 0.729 bits per heavy atom. The second kappa shape index (κ2) is 25.7. The Bertz CT molecular complexity index is 937. The van der Waals surface area contributed by atoms with Gasteiger partial charge in [0, 0.05) is 0 Å². The molecule has 282 valence electrons. The van der Waals surface area contributed by atoms with E-state index in [2.05, 4.69) is 31.3 Å². The van der Waals surface area contributed by atoms with Crippen LogP contribution in [0.25, 0.3) is 0 Å². The number of rotatable bonds is 27. The Kier molecular flexibility index (Phi) is 24.0. The highest BCUT2D eigenvalue weighted by molar-refractivity contribution is 7.47. The summed E-state index contributed by atoms with van der Waals surface area (Å²) in [7, 11) is -5.12. The quantitative estimate of drug-likeness (QED) is 0.0340. The lowest BCUT2D eigenvalue weighted by atomic mass is 9.85. The Hall–Kier alpha value is -1.22. The van der Waals surface area contributed by atoms with E-state index in [1.807, 2.05) is 0 Å². The standard InChI is InChI=1S/C34H64NO12P/c1-3-5-7-9-11-12-13-14-16-17-19-21-25(36)23-28(38)35-26(27(37)22-20-18-15-10-8-6-4-2)24-46-48(44,45)47-34-32(42)30(40)29(39)31(41)33(34)43/h14,16,20,22,25-27,29-34,36-37,39-43H,3-13,15,17-19,21,23-24H2,1-2H3,(H,35,38)(H,44,45)/b16-14-,22-20+. The molecule has 1 fully saturated rings. The molecule has 1 saturated carbocycles. The molecule has 1 rings (SSSR count). The summed E-state index contributed by atoms with van der Waals surface area (Å²) < 4.78 is 22.6. The number of carbonyl (C=O) groups is 1. The van der Waals surface area contributed by atoms with Crippen molar-refractivity contribution >= 4 is 13.7 Å². The van der Waals surface area contributed by atoms with Crippen molar-refractivity contribution in [3.8, 4) is 0 Å². The number of aliphatic hydroxyl groups excluding tert-OH is 7. The van der Waals surface area contributed by atoms with Gasteiger partial charge in [0.2, 0.25) is 5.91 Å². The summed E-state index contributed by atoms with van der Waals surface area (Å²) in [6, 6.07) is -1.24. The van der Waals surface area contributed by atoms with Crippen LogP contribution in [0.15, 0.2) is 24.3 Å². The van der Waals surface area contributed by atoms with E-state index in [4.69, 9.17) is 9.05 Å². The van der Waals surface area contributed by atoms with Crippen LogP contribution in [0.1, 0.15) is 123 Å². The lowest BCUT2D eigenvalue weighted by Gasteiger charge is -2.41. The van der Waals surface area contributed by atoms with Crippen molar-refractivity contribution in [3.63, 3.8) is 0 Å². The topological polar surface area (TPSA) is 226 Å². The molecule has 0 bridgehead atoms. The minimum atomic E-state index is -5.12. The maximum atomic E-state index is 12.8. The molecule has 8 atom stereocenters. The van der Waals surface area contributed by atoms with E-state index in [0.717, 1.165) is 51.4 Å². The van der Waals surface area contributed by atoms with Gasteiger partial charge in [-0.25, -0.2) is 4.57 Å². The van der Waals surface area contributed by atoms with Crippen molar-refractivity contribution in [2.45, 2.75) is 178 Å². The molecule has 0 spiro atoms. The zero-order valence-corrected chi connectivity index (χ0v) is 29.8. The molecule has 0 aromatic heterocycles. The minimum absolute atomic E-state index is 0.266. The maximum Gasteiger partial charge on any atom is 0.472 e. The van der Waals surface area contributed by atoms with Gasteiger partial charge in [-0.15, -0.1) is 0 Å². The number of amides is 1. The average Bonchev–Trinajstić information content (AvgIpc) is 3.05. The van der Waals surface area contributed by atoms with Gasteiger partial charge in [-0.3, -0.25) is 13.8 Å². The fraction of sp³-hybridized carbons (Fsp3) is 0.853. The van der Waals surface area contributed by atoms with E-state index >= 15 is 0 Å². The third-order valence-corrected chi connectivity index (χ3v) is 9.52. The van der Waals surface area contributed by atoms with Crippen LogP contribution in [-0.4, -0.2) is 108 Å². The highest BCUT2D eigenvalue weighted by Crippen LogP contribution is 2.47. The fourth-order valence-corrected chi connectivity index (χ4v) is 6.44. The Labute approximate surface area is 286 Å². The third-order valence-electron chi connectivity index (χ3n) is 8.53. The van der Waals surface area contributed by atoms with Gasteiger partial charge in [-0.05, 0) is 44.9 Å². The van der Waals surface area contributed by atoms with Crippen molar-refractivity contribution in [1.29, 1.82) is 0 Å². The summed E-state index contributed by atoms with van der Waals surface area (Å²) in [5.41, 5.74) is 0. The van der Waals surface area contributed by atoms with Gasteiger partial charge in [0.05, 0.1) is 31.3 Å². The van der Waals surface area contributed by atoms with Crippen LogP contribution in [0.4, 0.5) is 0 Å². The van der Waals surface area contributed by atoms with Gasteiger partial charge in [-0.2, -0.15) is 0 Å². The summed E-state index contributed by atoms with van der Waals surface area (Å²) in [5, 5.41) is 73.6. The molecule has 14 heteroatoms. The molecule has 1 aliphatic rings. The first kappa shape index (κ1) is 44.8. The van der Waals surface area contributed by atoms with Crippen LogP contribution in [0, 0.1) is 0 Å². The molecule has 9 N–H and O–H groups in total. The zero-order chi connectivity index (χ0) is 36.0. The Morgan fingerprint density at radius 3 is 1.77 bits per heavy atom. The van der Waals surface area contributed by atoms with Gasteiger partial charge < -0.3 is 46.0 Å². The number of aliphatic hydroxyl groups is 7. The first-order valence-electron chi connectivity index (χ1n) is 17.9. The number of hydrogen-bond acceptors (Lipinski definition) is 11. The van der Waals surface area contributed by atoms with Crippen molar-refractivity contribution in [2.75, 3.05) is 6.61 Å². The monoisotopic (exact) mass is 709 g/mol. The largest absolute Gasteiger partial charge is 0.472 e. The molecule has 1 aliphatic carbocycles. The van der Waals surface area contributed by atoms with E-state index in [0.29, 0.717) is 19.3 Å². The molecular formula is C34H64NO12P. The predicted octanol–water partition coefficient (Wildman–Crippen LogP) is 3.30. The second-order valence-corrected chi connectivity index (χ2v) is 14.3. The Morgan fingerprint density at radius 2 is 1.21 bits per heavy atom. The van der Waals surface area contributed by atoms with Crippen LogP contribution < -0.4 is 5.32 Å². The molecular weight excluding hydrogens is 645 g/mol. The number of nitrogens with one attached hydrogen (secondary N) is 1. The summed E-state index contributed by atoms with van der Waals surface area (Å²) in [4.78, 5) is 23.1. The first-order chi connectivity index (χ1) is 22.8. The number of allylic oxidation sites excluding steroid dienone is 3. The van der Waals surface area contributed by atoms with Gasteiger partial charge in [0.15, 0.2) is 0 Å². The van der Waals surface area contributed by atoms with Crippen LogP contribution in [-0.2, 0) is 18.4 Å². The number of hydrogen-bond donors (Lipinski definition) is 9. The predicted molar refractivity (Wildman–Crippen MR) is 183 cm³/mol. The van der Waals surface area contributed by atoms with Crippen LogP contribution in [0.5, 0.6) is 0 Å². The minimum Gasteiger partial charge on any atom is -0.393 e. The van der Waals surface area contributed by atoms with E-state index in [1.165, 1.54) is 38.2 Å². The highest BCUT2D eigenvalue weighted by atomic mass is 31.2. The normalized spacial score (nSPS) is 26.5. The number of carbonyl (C=O) groups excluding carboxylic acids is 1.